The lowest BCUT2D eigenvalue weighted by Gasteiger charge is -2.18. The molecule has 0 fully saturated rings. The Balaban J connectivity index is 2.44. The van der Waals surface area contributed by atoms with Crippen LogP contribution in [0, 0.1) is 0 Å². The highest BCUT2D eigenvalue weighted by Crippen LogP contribution is 2.12. The van der Waals surface area contributed by atoms with E-state index in [-0.39, 0.29) is 6.04 Å². The average molecular weight is 304 g/mol. The minimum absolute atomic E-state index is 0.0720. The Hall–Kier alpha value is -0.430. The van der Waals surface area contributed by atoms with E-state index in [4.69, 9.17) is 0 Å². The molecule has 19 heavy (non-hydrogen) atoms. The number of hydrogen-bond donors (Lipinski definition) is 2. The molecule has 0 aromatic carbocycles. The molecular weight excluding hydrogens is 280 g/mol. The van der Waals surface area contributed by atoms with Crippen molar-refractivity contribution in [3.05, 3.63) is 22.4 Å². The van der Waals surface area contributed by atoms with Crippen LogP contribution in [0.2, 0.25) is 0 Å². The van der Waals surface area contributed by atoms with Crippen LogP contribution in [0.3, 0.4) is 0 Å². The molecule has 2 N–H and O–H groups in total. The summed E-state index contributed by atoms with van der Waals surface area (Å²) in [4.78, 5) is 1.20. The second kappa shape index (κ2) is 7.99. The Bertz CT molecular complexity index is 443. The van der Waals surface area contributed by atoms with Crippen molar-refractivity contribution in [2.75, 3.05) is 13.1 Å². The molecule has 0 aliphatic carbocycles. The Kier molecular flexibility index (Phi) is 6.99. The first-order valence-electron chi connectivity index (χ1n) is 6.70. The van der Waals surface area contributed by atoms with Crippen LogP contribution < -0.4 is 10.0 Å². The zero-order valence-electron chi connectivity index (χ0n) is 11.8. The van der Waals surface area contributed by atoms with Crippen LogP contribution in [-0.4, -0.2) is 32.8 Å². The molecule has 6 heteroatoms. The van der Waals surface area contributed by atoms with Crippen molar-refractivity contribution in [3.63, 3.8) is 0 Å². The van der Waals surface area contributed by atoms with Gasteiger partial charge in [-0.25, -0.2) is 13.1 Å². The monoisotopic (exact) mass is 304 g/mol. The number of thiophene rings is 1. The predicted molar refractivity (Wildman–Crippen MR) is 82.2 cm³/mol. The molecule has 1 aromatic heterocycles. The summed E-state index contributed by atoms with van der Waals surface area (Å²) in [6, 6.07) is 3.94. The zero-order chi connectivity index (χ0) is 14.3. The van der Waals surface area contributed by atoms with Gasteiger partial charge in [0.25, 0.3) is 0 Å². The Labute approximate surface area is 120 Å². The van der Waals surface area contributed by atoms with Crippen LogP contribution in [0.15, 0.2) is 17.5 Å². The maximum atomic E-state index is 12.1. The molecule has 0 saturated carbocycles. The van der Waals surface area contributed by atoms with Crippen molar-refractivity contribution >= 4 is 21.4 Å². The lowest BCUT2D eigenvalue weighted by atomic mass is 10.2. The summed E-state index contributed by atoms with van der Waals surface area (Å²) in [5, 5.41) is 4.74. The lowest BCUT2D eigenvalue weighted by molar-refractivity contribution is 0.540. The van der Waals surface area contributed by atoms with E-state index >= 15 is 0 Å². The molecular formula is C13H24N2O2S2. The summed E-state index contributed by atoms with van der Waals surface area (Å²) in [7, 11) is -3.25. The summed E-state index contributed by atoms with van der Waals surface area (Å²) in [5.41, 5.74) is 0. The average Bonchev–Trinajstić information content (AvgIpc) is 2.81. The van der Waals surface area contributed by atoms with E-state index in [0.29, 0.717) is 6.54 Å². The Morgan fingerprint density at radius 2 is 2.11 bits per heavy atom. The molecule has 0 aliphatic heterocycles. The normalized spacial score (nSPS) is 15.3. The first-order valence-corrected chi connectivity index (χ1v) is 9.12. The van der Waals surface area contributed by atoms with Crippen LogP contribution >= 0.6 is 11.3 Å². The van der Waals surface area contributed by atoms with Gasteiger partial charge < -0.3 is 5.32 Å². The fourth-order valence-electron chi connectivity index (χ4n) is 1.76. The largest absolute Gasteiger partial charge is 0.315 e. The summed E-state index contributed by atoms with van der Waals surface area (Å²) in [5.74, 6) is 0. The van der Waals surface area contributed by atoms with Gasteiger partial charge in [-0.05, 0) is 44.7 Å². The first kappa shape index (κ1) is 16.6. The summed E-state index contributed by atoms with van der Waals surface area (Å²) in [6.07, 6.45) is 1.75. The first-order chi connectivity index (χ1) is 8.95. The van der Waals surface area contributed by atoms with Crippen molar-refractivity contribution in [2.45, 2.75) is 44.9 Å². The van der Waals surface area contributed by atoms with Crippen molar-refractivity contribution in [1.82, 2.24) is 10.0 Å². The molecule has 0 saturated heterocycles. The number of nitrogens with one attached hydrogen (secondary N) is 2. The summed E-state index contributed by atoms with van der Waals surface area (Å²) >= 11 is 1.66. The van der Waals surface area contributed by atoms with Crippen molar-refractivity contribution in [2.24, 2.45) is 0 Å². The lowest BCUT2D eigenvalue weighted by Crippen LogP contribution is -2.43. The fraction of sp³-hybridized carbons (Fsp3) is 0.692. The Morgan fingerprint density at radius 1 is 1.37 bits per heavy atom. The van der Waals surface area contributed by atoms with Crippen molar-refractivity contribution < 1.29 is 8.42 Å². The van der Waals surface area contributed by atoms with Crippen LogP contribution in [-0.2, 0) is 16.4 Å². The molecule has 2 unspecified atom stereocenters. The smallest absolute Gasteiger partial charge is 0.215 e. The zero-order valence-corrected chi connectivity index (χ0v) is 13.5. The van der Waals surface area contributed by atoms with Crippen LogP contribution in [0.5, 0.6) is 0 Å². The van der Waals surface area contributed by atoms with Crippen molar-refractivity contribution in [3.8, 4) is 0 Å². The molecule has 0 spiro atoms. The second-order valence-corrected chi connectivity index (χ2v) is 8.02. The Morgan fingerprint density at radius 3 is 2.68 bits per heavy atom. The standard InChI is InChI=1S/C13H24N2O2S2/c1-4-7-14-10-12(3)19(16,17)15-11(2)9-13-6-5-8-18-13/h5-6,8,11-12,14-15H,4,7,9-10H2,1-3H3. The van der Waals surface area contributed by atoms with E-state index in [1.165, 1.54) is 4.88 Å². The molecule has 110 valence electrons. The van der Waals surface area contributed by atoms with Gasteiger partial charge in [-0.15, -0.1) is 11.3 Å². The number of sulfonamides is 1. The second-order valence-electron chi connectivity index (χ2n) is 4.86. The minimum Gasteiger partial charge on any atom is -0.315 e. The van der Waals surface area contributed by atoms with Gasteiger partial charge >= 0.3 is 0 Å². The van der Waals surface area contributed by atoms with E-state index in [1.807, 2.05) is 24.4 Å². The van der Waals surface area contributed by atoms with E-state index in [2.05, 4.69) is 17.0 Å². The summed E-state index contributed by atoms with van der Waals surface area (Å²) < 4.78 is 27.0. The van der Waals surface area contributed by atoms with Gasteiger partial charge in [-0.1, -0.05) is 13.0 Å². The van der Waals surface area contributed by atoms with E-state index < -0.39 is 15.3 Å². The molecule has 1 aromatic rings. The molecule has 2 atom stereocenters. The highest BCUT2D eigenvalue weighted by molar-refractivity contribution is 7.90. The highest BCUT2D eigenvalue weighted by atomic mass is 32.2. The number of hydrogen-bond acceptors (Lipinski definition) is 4. The third-order valence-corrected chi connectivity index (χ3v) is 5.70. The third-order valence-electron chi connectivity index (χ3n) is 2.84. The molecule has 4 nitrogen and oxygen atoms in total. The summed E-state index contributed by atoms with van der Waals surface area (Å²) in [6.45, 7) is 7.05. The van der Waals surface area contributed by atoms with Crippen molar-refractivity contribution in [1.29, 1.82) is 0 Å². The molecule has 0 aliphatic rings. The maximum absolute atomic E-state index is 12.1. The highest BCUT2D eigenvalue weighted by Gasteiger charge is 2.22. The van der Waals surface area contributed by atoms with Crippen LogP contribution in [0.1, 0.15) is 32.1 Å². The molecule has 1 rings (SSSR count). The van der Waals surface area contributed by atoms with Gasteiger partial charge in [0.2, 0.25) is 10.0 Å². The SMILES string of the molecule is CCCNCC(C)S(=O)(=O)NC(C)Cc1cccs1. The van der Waals surface area contributed by atoms with E-state index in [0.717, 1.165) is 19.4 Å². The molecule has 1 heterocycles. The molecule has 0 radical (unpaired) electrons. The molecule has 0 amide bonds. The third kappa shape index (κ3) is 6.03. The molecule has 0 bridgehead atoms. The van der Waals surface area contributed by atoms with Crippen LogP contribution in [0.4, 0.5) is 0 Å². The van der Waals surface area contributed by atoms with Crippen LogP contribution in [0.25, 0.3) is 0 Å². The van der Waals surface area contributed by atoms with Gasteiger partial charge in [0.15, 0.2) is 0 Å². The van der Waals surface area contributed by atoms with Gasteiger partial charge in [0, 0.05) is 17.5 Å². The predicted octanol–water partition coefficient (Wildman–Crippen LogP) is 1.99. The van der Waals surface area contributed by atoms with E-state index in [1.54, 1.807) is 18.3 Å². The maximum Gasteiger partial charge on any atom is 0.215 e. The number of rotatable bonds is 9. The van der Waals surface area contributed by atoms with Gasteiger partial charge in [-0.2, -0.15) is 0 Å². The van der Waals surface area contributed by atoms with Gasteiger partial charge in [0.1, 0.15) is 0 Å². The minimum atomic E-state index is -3.25. The van der Waals surface area contributed by atoms with Gasteiger partial charge in [0.05, 0.1) is 5.25 Å². The topological polar surface area (TPSA) is 58.2 Å². The fourth-order valence-corrected chi connectivity index (χ4v) is 3.81. The van der Waals surface area contributed by atoms with E-state index in [9.17, 15) is 8.42 Å². The quantitative estimate of drug-likeness (QED) is 0.686. The van der Waals surface area contributed by atoms with Gasteiger partial charge in [-0.3, -0.25) is 0 Å².